The number of amides is 1. The number of carbonyl (C=O) groups excluding carboxylic acids is 2. The van der Waals surface area contributed by atoms with E-state index in [0.29, 0.717) is 31.7 Å². The molecule has 3 N–H and O–H groups in total. The second kappa shape index (κ2) is 7.91. The van der Waals surface area contributed by atoms with Gasteiger partial charge in [0, 0.05) is 16.0 Å². The lowest BCUT2D eigenvalue weighted by Crippen LogP contribution is -2.18. The van der Waals surface area contributed by atoms with Gasteiger partial charge in [-0.25, -0.2) is 13.8 Å². The molecule has 33 heavy (non-hydrogen) atoms. The van der Waals surface area contributed by atoms with Crippen molar-refractivity contribution in [3.8, 4) is 27.8 Å². The molecule has 3 aromatic heterocycles. The quantitative estimate of drug-likeness (QED) is 0.295. The molecule has 0 aliphatic heterocycles. The zero-order chi connectivity index (χ0) is 23.3. The lowest BCUT2D eigenvalue weighted by Gasteiger charge is -2.00. The zero-order valence-corrected chi connectivity index (χ0v) is 18.3. The third-order valence-electron chi connectivity index (χ3n) is 5.16. The van der Waals surface area contributed by atoms with E-state index in [1.165, 1.54) is 41.7 Å². The van der Waals surface area contributed by atoms with Crippen LogP contribution >= 0.6 is 22.9 Å². The molecule has 5 aromatic rings. The summed E-state index contributed by atoms with van der Waals surface area (Å²) in [6.07, 6.45) is 0. The van der Waals surface area contributed by atoms with E-state index in [1.807, 2.05) is 0 Å². The van der Waals surface area contributed by atoms with Crippen LogP contribution in [0.3, 0.4) is 0 Å². The highest BCUT2D eigenvalue weighted by atomic mass is 35.5. The highest BCUT2D eigenvalue weighted by Gasteiger charge is 2.27. The molecule has 2 aromatic carbocycles. The Balaban J connectivity index is 1.53. The second-order valence-corrected chi connectivity index (χ2v) is 8.72. The van der Waals surface area contributed by atoms with Crippen molar-refractivity contribution in [3.63, 3.8) is 0 Å². The van der Waals surface area contributed by atoms with Crippen LogP contribution in [-0.2, 0) is 0 Å². The topological polar surface area (TPSA) is 98.5 Å². The molecule has 0 unspecified atom stereocenters. The number of carbonyl (C=O) groups is 2. The van der Waals surface area contributed by atoms with Crippen molar-refractivity contribution in [1.82, 2.24) is 4.57 Å². The molecule has 0 saturated carbocycles. The van der Waals surface area contributed by atoms with Gasteiger partial charge in [0.25, 0.3) is 0 Å². The molecule has 0 aliphatic rings. The number of aromatic nitrogens is 1. The average Bonchev–Trinajstić information content (AvgIpc) is 3.50. The fourth-order valence-corrected chi connectivity index (χ4v) is 4.74. The van der Waals surface area contributed by atoms with Crippen molar-refractivity contribution in [3.05, 3.63) is 88.0 Å². The molecular weight excluding hydrogens is 467 g/mol. The third kappa shape index (κ3) is 3.59. The van der Waals surface area contributed by atoms with Crippen molar-refractivity contribution in [2.75, 3.05) is 0 Å². The van der Waals surface area contributed by atoms with Gasteiger partial charge in [0.05, 0.1) is 20.8 Å². The summed E-state index contributed by atoms with van der Waals surface area (Å²) in [5.74, 6) is -0.278. The maximum atomic E-state index is 13.3. The summed E-state index contributed by atoms with van der Waals surface area (Å²) >= 11 is 7.25. The molecule has 0 fully saturated rings. The Morgan fingerprint density at radius 3 is 2.45 bits per heavy atom. The first-order valence-corrected chi connectivity index (χ1v) is 10.9. The van der Waals surface area contributed by atoms with Crippen LogP contribution in [0.15, 0.2) is 71.1 Å². The van der Waals surface area contributed by atoms with Gasteiger partial charge >= 0.3 is 6.03 Å². The molecule has 0 radical (unpaired) electrons. The molecule has 5 rings (SSSR count). The number of thiophene rings is 1. The largest absolute Gasteiger partial charge is 0.494 e. The van der Waals surface area contributed by atoms with Gasteiger partial charge in [0.2, 0.25) is 11.7 Å². The number of furan rings is 1. The maximum absolute atomic E-state index is 13.3. The van der Waals surface area contributed by atoms with Gasteiger partial charge in [-0.05, 0) is 66.7 Å². The molecular formula is C24H14ClFN2O4S. The molecule has 164 valence electrons. The third-order valence-corrected chi connectivity index (χ3v) is 6.49. The van der Waals surface area contributed by atoms with E-state index >= 15 is 0 Å². The number of primary amides is 1. The number of hydrogen-bond donors (Lipinski definition) is 2. The van der Waals surface area contributed by atoms with Gasteiger partial charge in [0.1, 0.15) is 17.3 Å². The van der Waals surface area contributed by atoms with Crippen LogP contribution in [0, 0.1) is 5.82 Å². The minimum atomic E-state index is -0.922. The molecule has 0 aliphatic carbocycles. The van der Waals surface area contributed by atoms with E-state index < -0.39 is 17.7 Å². The summed E-state index contributed by atoms with van der Waals surface area (Å²) < 4.78 is 19.9. The normalized spacial score (nSPS) is 11.2. The van der Waals surface area contributed by atoms with E-state index in [0.717, 1.165) is 10.1 Å². The summed E-state index contributed by atoms with van der Waals surface area (Å²) in [5.41, 5.74) is 6.33. The Hall–Kier alpha value is -3.88. The molecule has 0 saturated heterocycles. The van der Waals surface area contributed by atoms with Crippen LogP contribution in [0.4, 0.5) is 9.18 Å². The highest BCUT2D eigenvalue weighted by molar-refractivity contribution is 7.17. The first-order chi connectivity index (χ1) is 15.8. The Morgan fingerprint density at radius 2 is 1.73 bits per heavy atom. The van der Waals surface area contributed by atoms with Crippen molar-refractivity contribution in [1.29, 1.82) is 0 Å². The Kier molecular flexibility index (Phi) is 5.03. The van der Waals surface area contributed by atoms with Crippen molar-refractivity contribution >= 4 is 45.7 Å². The van der Waals surface area contributed by atoms with Gasteiger partial charge in [-0.1, -0.05) is 11.6 Å². The van der Waals surface area contributed by atoms with Crippen LogP contribution in [-0.4, -0.2) is 21.5 Å². The number of aromatic hydroxyl groups is 1. The second-order valence-electron chi connectivity index (χ2n) is 7.20. The summed E-state index contributed by atoms with van der Waals surface area (Å²) in [6, 6.07) is 16.4. The first-order valence-electron chi connectivity index (χ1n) is 9.67. The Morgan fingerprint density at radius 1 is 1.00 bits per heavy atom. The van der Waals surface area contributed by atoms with Crippen molar-refractivity contribution in [2.24, 2.45) is 5.73 Å². The van der Waals surface area contributed by atoms with Gasteiger partial charge < -0.3 is 15.3 Å². The fraction of sp³-hybridized carbons (Fsp3) is 0. The van der Waals surface area contributed by atoms with E-state index in [9.17, 15) is 19.1 Å². The number of benzene rings is 2. The van der Waals surface area contributed by atoms with Gasteiger partial charge in [-0.15, -0.1) is 11.3 Å². The molecule has 9 heteroatoms. The van der Waals surface area contributed by atoms with Crippen LogP contribution in [0.2, 0.25) is 5.02 Å². The number of rotatable bonds is 4. The van der Waals surface area contributed by atoms with Gasteiger partial charge in [-0.2, -0.15) is 0 Å². The molecule has 6 nitrogen and oxygen atoms in total. The number of nitrogens with two attached hydrogens (primary N) is 1. The van der Waals surface area contributed by atoms with E-state index in [4.69, 9.17) is 21.8 Å². The van der Waals surface area contributed by atoms with Gasteiger partial charge in [0.15, 0.2) is 0 Å². The Bertz CT molecular complexity index is 1550. The molecule has 0 atom stereocenters. The monoisotopic (exact) mass is 480 g/mol. The number of hydrogen-bond acceptors (Lipinski definition) is 5. The van der Waals surface area contributed by atoms with Crippen LogP contribution < -0.4 is 5.73 Å². The minimum absolute atomic E-state index is 0.0638. The minimum Gasteiger partial charge on any atom is -0.494 e. The van der Waals surface area contributed by atoms with Crippen molar-refractivity contribution < 1.29 is 23.5 Å². The van der Waals surface area contributed by atoms with Crippen molar-refractivity contribution in [2.45, 2.75) is 0 Å². The average molecular weight is 481 g/mol. The van der Waals surface area contributed by atoms with Gasteiger partial charge in [-0.3, -0.25) is 4.79 Å². The lowest BCUT2D eigenvalue weighted by atomic mass is 10.1. The zero-order valence-electron chi connectivity index (χ0n) is 16.7. The first kappa shape index (κ1) is 21.0. The number of nitrogens with zero attached hydrogens (tertiary/aromatic N) is 1. The smallest absolute Gasteiger partial charge is 0.326 e. The lowest BCUT2D eigenvalue weighted by molar-refractivity contribution is 0.104. The van der Waals surface area contributed by atoms with E-state index in [-0.39, 0.29) is 16.9 Å². The number of ketones is 1. The SMILES string of the molecule is NC(=O)n1c(O)c(C(=O)c2ccc(-c3ccc(-c4ccc(F)cc4)o3)s2)c2cc(Cl)ccc21. The predicted octanol–water partition coefficient (Wildman–Crippen LogP) is 6.29. The van der Waals surface area contributed by atoms with Crippen LogP contribution in [0.5, 0.6) is 5.88 Å². The number of fused-ring (bicyclic) bond motifs is 1. The summed E-state index contributed by atoms with van der Waals surface area (Å²) in [5, 5.41) is 11.3. The fourth-order valence-electron chi connectivity index (χ4n) is 3.65. The summed E-state index contributed by atoms with van der Waals surface area (Å²) in [7, 11) is 0. The molecule has 0 bridgehead atoms. The maximum Gasteiger partial charge on any atom is 0.326 e. The highest BCUT2D eigenvalue weighted by Crippen LogP contribution is 2.38. The molecule has 0 spiro atoms. The van der Waals surface area contributed by atoms with E-state index in [2.05, 4.69) is 0 Å². The molecule has 1 amide bonds. The summed E-state index contributed by atoms with van der Waals surface area (Å²) in [6.45, 7) is 0. The van der Waals surface area contributed by atoms with Crippen LogP contribution in [0.25, 0.3) is 32.9 Å². The predicted molar refractivity (Wildman–Crippen MR) is 124 cm³/mol. The molecule has 3 heterocycles. The summed E-state index contributed by atoms with van der Waals surface area (Å²) in [4.78, 5) is 26.2. The number of halogens is 2. The van der Waals surface area contributed by atoms with E-state index in [1.54, 1.807) is 36.4 Å². The van der Waals surface area contributed by atoms with Crippen LogP contribution in [0.1, 0.15) is 15.2 Å². The standard InChI is InChI=1S/C24H14ClFN2O4S/c25-13-3-6-16-15(11-13)21(23(30)28(16)24(27)31)22(29)20-10-9-19(33-20)18-8-7-17(32-18)12-1-4-14(26)5-2-12/h1-11,30H,(H2,27,31). The Labute approximate surface area is 195 Å².